The molecule has 2 heterocycles. The van der Waals surface area contributed by atoms with Crippen molar-refractivity contribution in [2.45, 2.75) is 30.7 Å². The standard InChI is InChI=1S/C15H19FN2OS/c16-13-7-2-1-6-12(13)15-17-9-14(19)18(15)10-11-5-3-4-8-20-11/h1-2,6-7,11,15,17H,3-5,8-10H2. The maximum Gasteiger partial charge on any atom is 0.238 e. The third-order valence-electron chi connectivity index (χ3n) is 3.95. The van der Waals surface area contributed by atoms with Crippen molar-refractivity contribution >= 4 is 17.7 Å². The summed E-state index contributed by atoms with van der Waals surface area (Å²) in [5, 5.41) is 3.62. The highest BCUT2D eigenvalue weighted by molar-refractivity contribution is 7.99. The number of hydrogen-bond acceptors (Lipinski definition) is 3. The van der Waals surface area contributed by atoms with E-state index in [1.54, 1.807) is 17.0 Å². The Morgan fingerprint density at radius 2 is 2.20 bits per heavy atom. The normalized spacial score (nSPS) is 27.1. The molecule has 0 aliphatic carbocycles. The molecule has 3 nitrogen and oxygen atoms in total. The minimum Gasteiger partial charge on any atom is -0.321 e. The van der Waals surface area contributed by atoms with Crippen LogP contribution in [0.1, 0.15) is 31.0 Å². The molecule has 108 valence electrons. The lowest BCUT2D eigenvalue weighted by atomic mass is 10.1. The summed E-state index contributed by atoms with van der Waals surface area (Å²) in [6.07, 6.45) is 3.34. The Labute approximate surface area is 122 Å². The van der Waals surface area contributed by atoms with E-state index in [0.717, 1.165) is 13.0 Å². The lowest BCUT2D eigenvalue weighted by molar-refractivity contribution is -0.128. The van der Waals surface area contributed by atoms with E-state index in [2.05, 4.69) is 5.32 Å². The molecule has 5 heteroatoms. The lowest BCUT2D eigenvalue weighted by Gasteiger charge is -2.30. The molecule has 0 bridgehead atoms. The molecule has 1 aromatic carbocycles. The predicted molar refractivity (Wildman–Crippen MR) is 79.0 cm³/mol. The molecule has 0 spiro atoms. The van der Waals surface area contributed by atoms with Gasteiger partial charge in [0, 0.05) is 17.4 Å². The van der Waals surface area contributed by atoms with E-state index in [0.29, 0.717) is 17.4 Å². The fourth-order valence-corrected chi connectivity index (χ4v) is 4.20. The van der Waals surface area contributed by atoms with E-state index >= 15 is 0 Å². The van der Waals surface area contributed by atoms with Gasteiger partial charge in [-0.25, -0.2) is 4.39 Å². The summed E-state index contributed by atoms with van der Waals surface area (Å²) in [7, 11) is 0. The van der Waals surface area contributed by atoms with Crippen LogP contribution in [0.25, 0.3) is 0 Å². The summed E-state index contributed by atoms with van der Waals surface area (Å²) in [6.45, 7) is 1.02. The maximum atomic E-state index is 13.9. The number of nitrogens with zero attached hydrogens (tertiary/aromatic N) is 1. The minimum atomic E-state index is -0.314. The van der Waals surface area contributed by atoms with Gasteiger partial charge in [0.25, 0.3) is 0 Å². The minimum absolute atomic E-state index is 0.0735. The molecule has 2 atom stereocenters. The van der Waals surface area contributed by atoms with Crippen molar-refractivity contribution in [2.24, 2.45) is 0 Å². The number of amides is 1. The first-order valence-corrected chi connectivity index (χ1v) is 8.19. The number of nitrogens with one attached hydrogen (secondary N) is 1. The van der Waals surface area contributed by atoms with Gasteiger partial charge in [-0.2, -0.15) is 11.8 Å². The van der Waals surface area contributed by atoms with Crippen LogP contribution >= 0.6 is 11.8 Å². The van der Waals surface area contributed by atoms with Gasteiger partial charge >= 0.3 is 0 Å². The van der Waals surface area contributed by atoms with Crippen LogP contribution in [0.15, 0.2) is 24.3 Å². The van der Waals surface area contributed by atoms with Crippen molar-refractivity contribution in [1.29, 1.82) is 0 Å². The first-order chi connectivity index (χ1) is 9.75. The Balaban J connectivity index is 1.76. The zero-order valence-corrected chi connectivity index (χ0v) is 12.2. The van der Waals surface area contributed by atoms with Crippen molar-refractivity contribution < 1.29 is 9.18 Å². The van der Waals surface area contributed by atoms with Crippen LogP contribution in [0.5, 0.6) is 0 Å². The number of thioether (sulfide) groups is 1. The van der Waals surface area contributed by atoms with Gasteiger partial charge in [-0.05, 0) is 24.7 Å². The fourth-order valence-electron chi connectivity index (χ4n) is 2.89. The van der Waals surface area contributed by atoms with E-state index < -0.39 is 0 Å². The molecule has 1 N–H and O–H groups in total. The van der Waals surface area contributed by atoms with Crippen LogP contribution in [0, 0.1) is 5.82 Å². The van der Waals surface area contributed by atoms with Crippen molar-refractivity contribution in [2.75, 3.05) is 18.8 Å². The van der Waals surface area contributed by atoms with Crippen molar-refractivity contribution in [1.82, 2.24) is 10.2 Å². The topological polar surface area (TPSA) is 32.3 Å². The first-order valence-electron chi connectivity index (χ1n) is 7.14. The first kappa shape index (κ1) is 13.9. The molecule has 3 rings (SSSR count). The Morgan fingerprint density at radius 3 is 2.95 bits per heavy atom. The molecule has 1 aromatic rings. The molecule has 1 amide bonds. The third-order valence-corrected chi connectivity index (χ3v) is 5.33. The Kier molecular flexibility index (Phi) is 4.27. The van der Waals surface area contributed by atoms with Gasteiger partial charge < -0.3 is 4.90 Å². The van der Waals surface area contributed by atoms with E-state index in [-0.39, 0.29) is 17.9 Å². The zero-order valence-electron chi connectivity index (χ0n) is 11.3. The quantitative estimate of drug-likeness (QED) is 0.930. The molecular formula is C15H19FN2OS. The van der Waals surface area contributed by atoms with Crippen molar-refractivity contribution in [3.05, 3.63) is 35.6 Å². The largest absolute Gasteiger partial charge is 0.321 e. The van der Waals surface area contributed by atoms with Gasteiger partial charge in [0.05, 0.1) is 6.54 Å². The average molecular weight is 294 g/mol. The van der Waals surface area contributed by atoms with E-state index in [1.807, 2.05) is 17.8 Å². The number of halogens is 1. The summed E-state index contributed by atoms with van der Waals surface area (Å²) < 4.78 is 13.9. The molecule has 2 fully saturated rings. The zero-order chi connectivity index (χ0) is 13.9. The Hall–Kier alpha value is -1.07. The van der Waals surface area contributed by atoms with E-state index in [1.165, 1.54) is 24.7 Å². The third kappa shape index (κ3) is 2.83. The van der Waals surface area contributed by atoms with Gasteiger partial charge in [0.2, 0.25) is 5.91 Å². The summed E-state index contributed by atoms with van der Waals surface area (Å²) in [6, 6.07) is 6.70. The summed E-state index contributed by atoms with van der Waals surface area (Å²) in [5.41, 5.74) is 0.569. The van der Waals surface area contributed by atoms with Crippen molar-refractivity contribution in [3.63, 3.8) is 0 Å². The lowest BCUT2D eigenvalue weighted by Crippen LogP contribution is -2.37. The Morgan fingerprint density at radius 1 is 1.35 bits per heavy atom. The van der Waals surface area contributed by atoms with Gasteiger partial charge in [-0.3, -0.25) is 10.1 Å². The van der Waals surface area contributed by atoms with Crippen LogP contribution in [0.4, 0.5) is 4.39 Å². The second-order valence-electron chi connectivity index (χ2n) is 5.34. The molecular weight excluding hydrogens is 275 g/mol. The Bertz CT molecular complexity index is 491. The van der Waals surface area contributed by atoms with E-state index in [4.69, 9.17) is 0 Å². The molecule has 2 aliphatic heterocycles. The van der Waals surface area contributed by atoms with Crippen LogP contribution in [0.3, 0.4) is 0 Å². The molecule has 0 radical (unpaired) electrons. The van der Waals surface area contributed by atoms with Gasteiger partial charge in [0.1, 0.15) is 12.0 Å². The van der Waals surface area contributed by atoms with Gasteiger partial charge in [0.15, 0.2) is 0 Å². The number of hydrogen-bond donors (Lipinski definition) is 1. The molecule has 20 heavy (non-hydrogen) atoms. The highest BCUT2D eigenvalue weighted by Crippen LogP contribution is 2.30. The number of rotatable bonds is 3. The molecule has 0 aromatic heterocycles. The smallest absolute Gasteiger partial charge is 0.238 e. The predicted octanol–water partition coefficient (Wildman–Crippen LogP) is 2.54. The summed E-state index contributed by atoms with van der Waals surface area (Å²) in [5.74, 6) is 0.996. The maximum absolute atomic E-state index is 13.9. The average Bonchev–Trinajstić information content (AvgIpc) is 2.82. The van der Waals surface area contributed by atoms with Gasteiger partial charge in [-0.15, -0.1) is 0 Å². The monoisotopic (exact) mass is 294 g/mol. The van der Waals surface area contributed by atoms with Crippen molar-refractivity contribution in [3.8, 4) is 0 Å². The van der Waals surface area contributed by atoms with E-state index in [9.17, 15) is 9.18 Å². The highest BCUT2D eigenvalue weighted by atomic mass is 32.2. The number of carbonyl (C=O) groups is 1. The van der Waals surface area contributed by atoms with Crippen LogP contribution in [0.2, 0.25) is 0 Å². The summed E-state index contributed by atoms with van der Waals surface area (Å²) in [4.78, 5) is 13.9. The second kappa shape index (κ2) is 6.14. The fraction of sp³-hybridized carbons (Fsp3) is 0.533. The number of benzene rings is 1. The summed E-state index contributed by atoms with van der Waals surface area (Å²) >= 11 is 1.94. The molecule has 2 unspecified atom stereocenters. The van der Waals surface area contributed by atoms with Gasteiger partial charge in [-0.1, -0.05) is 24.6 Å². The van der Waals surface area contributed by atoms with Crippen LogP contribution < -0.4 is 5.32 Å². The molecule has 2 saturated heterocycles. The van der Waals surface area contributed by atoms with Crippen LogP contribution in [-0.2, 0) is 4.79 Å². The number of carbonyl (C=O) groups excluding carboxylic acids is 1. The van der Waals surface area contributed by atoms with Crippen LogP contribution in [-0.4, -0.2) is 34.9 Å². The molecule has 2 aliphatic rings. The second-order valence-corrected chi connectivity index (χ2v) is 6.75. The SMILES string of the molecule is O=C1CNC(c2ccccc2F)N1CC1CCCCS1. The highest BCUT2D eigenvalue weighted by Gasteiger charge is 2.34. The molecule has 0 saturated carbocycles.